The minimum Gasteiger partial charge on any atom is -0.492 e. The summed E-state index contributed by atoms with van der Waals surface area (Å²) in [7, 11) is 0. The fourth-order valence-electron chi connectivity index (χ4n) is 3.24. The number of nitrogens with one attached hydrogen (secondary N) is 2. The van der Waals surface area contributed by atoms with Gasteiger partial charge in [-0.05, 0) is 56.0 Å². The zero-order valence-electron chi connectivity index (χ0n) is 16.0. The van der Waals surface area contributed by atoms with Crippen LogP contribution in [0, 0.1) is 5.92 Å². The summed E-state index contributed by atoms with van der Waals surface area (Å²) in [5, 5.41) is 4.58. The van der Waals surface area contributed by atoms with Gasteiger partial charge in [0.2, 0.25) is 5.91 Å². The molecule has 0 saturated heterocycles. The van der Waals surface area contributed by atoms with Crippen LogP contribution in [-0.4, -0.2) is 17.5 Å². The van der Waals surface area contributed by atoms with Crippen molar-refractivity contribution >= 4 is 34.1 Å². The topological polar surface area (TPSA) is 97.2 Å². The molecule has 7 heteroatoms. The zero-order valence-corrected chi connectivity index (χ0v) is 16.8. The normalized spacial score (nSPS) is 14.6. The molecule has 0 radical (unpaired) electrons. The van der Waals surface area contributed by atoms with E-state index in [9.17, 15) is 9.59 Å². The van der Waals surface area contributed by atoms with Gasteiger partial charge >= 0.3 is 0 Å². The van der Waals surface area contributed by atoms with Crippen molar-refractivity contribution in [3.05, 3.63) is 69.0 Å². The molecule has 4 N–H and O–H groups in total. The van der Waals surface area contributed by atoms with Crippen molar-refractivity contribution < 1.29 is 9.53 Å². The Hall–Kier alpha value is -2.99. The van der Waals surface area contributed by atoms with Crippen molar-refractivity contribution in [3.8, 4) is 5.75 Å². The van der Waals surface area contributed by atoms with E-state index in [4.69, 9.17) is 22.1 Å². The van der Waals surface area contributed by atoms with Crippen LogP contribution in [0.5, 0.6) is 5.75 Å². The third-order valence-electron chi connectivity index (χ3n) is 5.09. The highest BCUT2D eigenvalue weighted by atomic mass is 35.5. The molecule has 1 aliphatic carbocycles. The van der Waals surface area contributed by atoms with E-state index in [-0.39, 0.29) is 11.6 Å². The van der Waals surface area contributed by atoms with Crippen LogP contribution in [0.25, 0.3) is 10.9 Å². The Morgan fingerprint density at radius 2 is 2.10 bits per heavy atom. The molecule has 1 unspecified atom stereocenters. The van der Waals surface area contributed by atoms with Crippen LogP contribution >= 0.6 is 11.6 Å². The van der Waals surface area contributed by atoms with Gasteiger partial charge in [0.1, 0.15) is 5.75 Å². The average molecular weight is 412 g/mol. The van der Waals surface area contributed by atoms with Gasteiger partial charge < -0.3 is 20.8 Å². The number of H-pyrrole nitrogens is 1. The Morgan fingerprint density at radius 1 is 1.31 bits per heavy atom. The van der Waals surface area contributed by atoms with Crippen molar-refractivity contribution in [2.75, 3.05) is 11.9 Å². The highest BCUT2D eigenvalue weighted by Gasteiger charge is 2.22. The van der Waals surface area contributed by atoms with Crippen LogP contribution in [0.15, 0.2) is 47.3 Å². The number of aromatic amines is 1. The van der Waals surface area contributed by atoms with E-state index in [1.165, 1.54) is 12.8 Å². The number of ether oxygens (including phenoxy) is 1. The summed E-state index contributed by atoms with van der Waals surface area (Å²) < 4.78 is 5.79. The summed E-state index contributed by atoms with van der Waals surface area (Å²) in [6, 6.07) is 12.0. The van der Waals surface area contributed by atoms with Crippen molar-refractivity contribution in [1.82, 2.24) is 4.98 Å². The van der Waals surface area contributed by atoms with Gasteiger partial charge in [0, 0.05) is 28.3 Å². The van der Waals surface area contributed by atoms with E-state index in [1.807, 2.05) is 19.1 Å². The maximum atomic E-state index is 12.7. The summed E-state index contributed by atoms with van der Waals surface area (Å²) in [6.45, 7) is 2.53. The van der Waals surface area contributed by atoms with Crippen LogP contribution in [0.3, 0.4) is 0 Å². The molecule has 2 aromatic carbocycles. The standard InChI is InChI=1S/C22H22ClN3O3/c1-12(25-16-4-2-3-14(7-16)21(24)27)17-8-15-9-18(23)20(29-11-13-5-6-13)10-19(15)26-22(17)28/h2-4,7-10,12-13,25H,5-6,11H2,1H3,(H2,24,27)(H,26,28). The fourth-order valence-corrected chi connectivity index (χ4v) is 3.47. The molecule has 150 valence electrons. The number of halogens is 1. The quantitative estimate of drug-likeness (QED) is 0.541. The number of anilines is 1. The van der Waals surface area contributed by atoms with Gasteiger partial charge in [-0.2, -0.15) is 0 Å². The molecule has 1 aromatic heterocycles. The van der Waals surface area contributed by atoms with Crippen LogP contribution in [0.2, 0.25) is 5.02 Å². The third-order valence-corrected chi connectivity index (χ3v) is 5.39. The predicted molar refractivity (Wildman–Crippen MR) is 115 cm³/mol. The number of amides is 1. The monoisotopic (exact) mass is 411 g/mol. The van der Waals surface area contributed by atoms with Crippen molar-refractivity contribution in [2.45, 2.75) is 25.8 Å². The molecule has 1 fully saturated rings. The van der Waals surface area contributed by atoms with E-state index >= 15 is 0 Å². The Balaban J connectivity index is 1.60. The molecule has 1 saturated carbocycles. The lowest BCUT2D eigenvalue weighted by atomic mass is 10.1. The smallest absolute Gasteiger partial charge is 0.253 e. The number of rotatable bonds is 7. The molecular formula is C22H22ClN3O3. The molecule has 1 aliphatic rings. The molecule has 3 aromatic rings. The van der Waals surface area contributed by atoms with Crippen LogP contribution in [-0.2, 0) is 0 Å². The first-order valence-electron chi connectivity index (χ1n) is 9.56. The highest BCUT2D eigenvalue weighted by Crippen LogP contribution is 2.34. The van der Waals surface area contributed by atoms with Crippen molar-refractivity contribution in [3.63, 3.8) is 0 Å². The van der Waals surface area contributed by atoms with Crippen molar-refractivity contribution in [2.24, 2.45) is 11.7 Å². The van der Waals surface area contributed by atoms with Gasteiger partial charge in [0.15, 0.2) is 0 Å². The number of aromatic nitrogens is 1. The number of hydrogen-bond donors (Lipinski definition) is 3. The molecule has 0 spiro atoms. The summed E-state index contributed by atoms with van der Waals surface area (Å²) in [5.41, 5.74) is 7.48. The molecule has 0 aliphatic heterocycles. The summed E-state index contributed by atoms with van der Waals surface area (Å²) >= 11 is 6.38. The lowest BCUT2D eigenvalue weighted by Gasteiger charge is -2.16. The Kier molecular flexibility index (Phi) is 5.20. The van der Waals surface area contributed by atoms with E-state index in [0.717, 1.165) is 5.39 Å². The minimum atomic E-state index is -0.501. The number of carbonyl (C=O) groups excluding carboxylic acids is 1. The Bertz CT molecular complexity index is 1140. The van der Waals surface area contributed by atoms with Crippen LogP contribution < -0.4 is 21.3 Å². The molecule has 6 nitrogen and oxygen atoms in total. The molecule has 1 heterocycles. The first kappa shape index (κ1) is 19.3. The SMILES string of the molecule is CC(Nc1cccc(C(N)=O)c1)c1cc2cc(Cl)c(OCC3CC3)cc2[nH]c1=O. The van der Waals surface area contributed by atoms with Gasteiger partial charge in [0.05, 0.1) is 23.2 Å². The Labute approximate surface area is 173 Å². The number of fused-ring (bicyclic) bond motifs is 1. The number of pyridine rings is 1. The van der Waals surface area contributed by atoms with E-state index in [2.05, 4.69) is 10.3 Å². The predicted octanol–water partition coefficient (Wildman–Crippen LogP) is 4.24. The second-order valence-electron chi connectivity index (χ2n) is 7.49. The van der Waals surface area contributed by atoms with Crippen molar-refractivity contribution in [1.29, 1.82) is 0 Å². The first-order valence-corrected chi connectivity index (χ1v) is 9.94. The minimum absolute atomic E-state index is 0.195. The maximum absolute atomic E-state index is 12.7. The highest BCUT2D eigenvalue weighted by molar-refractivity contribution is 6.32. The lowest BCUT2D eigenvalue weighted by molar-refractivity contribution is 0.100. The average Bonchev–Trinajstić information content (AvgIpc) is 3.51. The van der Waals surface area contributed by atoms with Gasteiger partial charge in [-0.1, -0.05) is 17.7 Å². The summed E-state index contributed by atoms with van der Waals surface area (Å²) in [6.07, 6.45) is 2.39. The van der Waals surface area contributed by atoms with Crippen LogP contribution in [0.4, 0.5) is 5.69 Å². The maximum Gasteiger partial charge on any atom is 0.253 e. The Morgan fingerprint density at radius 3 is 2.83 bits per heavy atom. The van der Waals surface area contributed by atoms with E-state index < -0.39 is 5.91 Å². The first-order chi connectivity index (χ1) is 13.9. The molecule has 4 rings (SSSR count). The number of nitrogens with two attached hydrogens (primary N) is 1. The second kappa shape index (κ2) is 7.79. The van der Waals surface area contributed by atoms with Gasteiger partial charge in [-0.25, -0.2) is 0 Å². The van der Waals surface area contributed by atoms with Gasteiger partial charge in [0.25, 0.3) is 5.56 Å². The fraction of sp³-hybridized carbons (Fsp3) is 0.273. The number of benzene rings is 2. The molecule has 29 heavy (non-hydrogen) atoms. The summed E-state index contributed by atoms with van der Waals surface area (Å²) in [5.74, 6) is 0.700. The third kappa shape index (κ3) is 4.38. The number of carbonyl (C=O) groups is 1. The van der Waals surface area contributed by atoms with Gasteiger partial charge in [-0.3, -0.25) is 9.59 Å². The number of primary amides is 1. The van der Waals surface area contributed by atoms with Crippen LogP contribution in [0.1, 0.15) is 41.7 Å². The molecule has 0 bridgehead atoms. The second-order valence-corrected chi connectivity index (χ2v) is 7.90. The van der Waals surface area contributed by atoms with E-state index in [0.29, 0.717) is 45.6 Å². The summed E-state index contributed by atoms with van der Waals surface area (Å²) in [4.78, 5) is 27.0. The van der Waals surface area contributed by atoms with Gasteiger partial charge in [-0.15, -0.1) is 0 Å². The van der Waals surface area contributed by atoms with E-state index in [1.54, 1.807) is 30.3 Å². The molecule has 1 amide bonds. The molecular weight excluding hydrogens is 390 g/mol. The lowest BCUT2D eigenvalue weighted by Crippen LogP contribution is -2.19. The zero-order chi connectivity index (χ0) is 20.5. The largest absolute Gasteiger partial charge is 0.492 e. The number of hydrogen-bond acceptors (Lipinski definition) is 4. The molecule has 1 atom stereocenters.